The Balaban J connectivity index is 2.31. The molecule has 1 aromatic carbocycles. The second-order valence-electron chi connectivity index (χ2n) is 4.29. The molecule has 3 rings (SSSR count). The summed E-state index contributed by atoms with van der Waals surface area (Å²) in [5, 5.41) is 3.29. The minimum atomic E-state index is -0.399. The standard InChI is InChI=1S/C14H10BrClN2O2S/c1-2-20-14(19)13-12(10-3-4-21-18-10)7-5-9(16)8(15)6-11(7)17-13/h3-6,17H,2H2,1H3. The molecular formula is C14H10BrClN2O2S. The SMILES string of the molecule is CCOC(=O)c1[nH]c2cc(Br)c(Cl)cc2c1-c1ccsn1. The van der Waals surface area contributed by atoms with Gasteiger partial charge in [-0.15, -0.1) is 0 Å². The van der Waals surface area contributed by atoms with Gasteiger partial charge < -0.3 is 9.72 Å². The smallest absolute Gasteiger partial charge is 0.355 e. The van der Waals surface area contributed by atoms with Gasteiger partial charge in [-0.2, -0.15) is 4.37 Å². The first kappa shape index (κ1) is 14.6. The fraction of sp³-hybridized carbons (Fsp3) is 0.143. The molecule has 2 aromatic heterocycles. The van der Waals surface area contributed by atoms with E-state index in [1.807, 2.05) is 23.6 Å². The number of nitrogens with one attached hydrogen (secondary N) is 1. The predicted molar refractivity (Wildman–Crippen MR) is 88.1 cm³/mol. The van der Waals surface area contributed by atoms with E-state index in [0.717, 1.165) is 26.6 Å². The van der Waals surface area contributed by atoms with Crippen molar-refractivity contribution in [2.75, 3.05) is 6.61 Å². The molecule has 7 heteroatoms. The van der Waals surface area contributed by atoms with E-state index in [9.17, 15) is 4.79 Å². The van der Waals surface area contributed by atoms with Gasteiger partial charge >= 0.3 is 5.97 Å². The number of rotatable bonds is 3. The van der Waals surface area contributed by atoms with Gasteiger partial charge in [0.1, 0.15) is 5.69 Å². The van der Waals surface area contributed by atoms with Crippen molar-refractivity contribution in [3.63, 3.8) is 0 Å². The van der Waals surface area contributed by atoms with E-state index in [-0.39, 0.29) is 0 Å². The summed E-state index contributed by atoms with van der Waals surface area (Å²) in [7, 11) is 0. The van der Waals surface area contributed by atoms with E-state index in [2.05, 4.69) is 25.3 Å². The van der Waals surface area contributed by atoms with Crippen LogP contribution in [0, 0.1) is 0 Å². The molecule has 0 amide bonds. The summed E-state index contributed by atoms with van der Waals surface area (Å²) < 4.78 is 10.2. The summed E-state index contributed by atoms with van der Waals surface area (Å²) >= 11 is 10.9. The summed E-state index contributed by atoms with van der Waals surface area (Å²) in [6, 6.07) is 5.52. The lowest BCUT2D eigenvalue weighted by Gasteiger charge is -2.02. The lowest BCUT2D eigenvalue weighted by molar-refractivity contribution is 0.0521. The molecule has 0 aliphatic carbocycles. The molecule has 0 saturated heterocycles. The first-order chi connectivity index (χ1) is 10.1. The Morgan fingerprint density at radius 3 is 3.00 bits per heavy atom. The molecule has 108 valence electrons. The van der Waals surface area contributed by atoms with Crippen molar-refractivity contribution in [2.45, 2.75) is 6.92 Å². The predicted octanol–water partition coefficient (Wildman–Crippen LogP) is 4.88. The van der Waals surface area contributed by atoms with Crippen molar-refractivity contribution in [3.05, 3.63) is 38.8 Å². The zero-order valence-corrected chi connectivity index (χ0v) is 14.1. The summed E-state index contributed by atoms with van der Waals surface area (Å²) in [4.78, 5) is 15.3. The number of H-pyrrole nitrogens is 1. The number of benzene rings is 1. The van der Waals surface area contributed by atoms with Crippen LogP contribution in [0.5, 0.6) is 0 Å². The number of aromatic amines is 1. The first-order valence-electron chi connectivity index (χ1n) is 6.20. The largest absolute Gasteiger partial charge is 0.461 e. The highest BCUT2D eigenvalue weighted by Crippen LogP contribution is 2.36. The second-order valence-corrected chi connectivity index (χ2v) is 6.22. The van der Waals surface area contributed by atoms with Gasteiger partial charge in [-0.25, -0.2) is 4.79 Å². The molecule has 0 aliphatic rings. The van der Waals surface area contributed by atoms with Crippen LogP contribution in [0.25, 0.3) is 22.2 Å². The molecule has 4 nitrogen and oxygen atoms in total. The molecular weight excluding hydrogens is 376 g/mol. The van der Waals surface area contributed by atoms with Crippen molar-refractivity contribution < 1.29 is 9.53 Å². The monoisotopic (exact) mass is 384 g/mol. The Bertz CT molecular complexity index is 814. The highest BCUT2D eigenvalue weighted by molar-refractivity contribution is 9.10. The number of hydrogen-bond donors (Lipinski definition) is 1. The van der Waals surface area contributed by atoms with Crippen LogP contribution >= 0.6 is 39.1 Å². The lowest BCUT2D eigenvalue weighted by atomic mass is 10.1. The van der Waals surface area contributed by atoms with Crippen LogP contribution < -0.4 is 0 Å². The Morgan fingerprint density at radius 2 is 2.33 bits per heavy atom. The van der Waals surface area contributed by atoms with Crippen LogP contribution in [-0.2, 0) is 4.74 Å². The number of esters is 1. The molecule has 21 heavy (non-hydrogen) atoms. The zero-order valence-electron chi connectivity index (χ0n) is 10.9. The Morgan fingerprint density at radius 1 is 1.52 bits per heavy atom. The number of fused-ring (bicyclic) bond motifs is 1. The maximum atomic E-state index is 12.2. The Hall–Kier alpha value is -1.37. The number of nitrogens with zero attached hydrogens (tertiary/aromatic N) is 1. The molecule has 0 unspecified atom stereocenters. The topological polar surface area (TPSA) is 55.0 Å². The quantitative estimate of drug-likeness (QED) is 0.653. The average Bonchev–Trinajstić information content (AvgIpc) is 3.06. The molecule has 3 aromatic rings. The maximum Gasteiger partial charge on any atom is 0.355 e. The minimum Gasteiger partial charge on any atom is -0.461 e. The van der Waals surface area contributed by atoms with Crippen molar-refractivity contribution in [1.82, 2.24) is 9.36 Å². The van der Waals surface area contributed by atoms with Gasteiger partial charge in [0.2, 0.25) is 0 Å². The molecule has 0 atom stereocenters. The number of hydrogen-bond acceptors (Lipinski definition) is 4. The van der Waals surface area contributed by atoms with Crippen molar-refractivity contribution in [2.24, 2.45) is 0 Å². The van der Waals surface area contributed by atoms with Crippen molar-refractivity contribution in [3.8, 4) is 11.3 Å². The van der Waals surface area contributed by atoms with E-state index in [1.165, 1.54) is 11.5 Å². The highest BCUT2D eigenvalue weighted by Gasteiger charge is 2.22. The van der Waals surface area contributed by atoms with E-state index in [0.29, 0.717) is 17.3 Å². The normalized spacial score (nSPS) is 11.0. The van der Waals surface area contributed by atoms with E-state index >= 15 is 0 Å². The summed E-state index contributed by atoms with van der Waals surface area (Å²) in [5.74, 6) is -0.399. The second kappa shape index (κ2) is 5.79. The third-order valence-electron chi connectivity index (χ3n) is 3.01. The van der Waals surface area contributed by atoms with Gasteiger partial charge in [-0.3, -0.25) is 0 Å². The van der Waals surface area contributed by atoms with Crippen molar-refractivity contribution in [1.29, 1.82) is 0 Å². The first-order valence-corrected chi connectivity index (χ1v) is 8.21. The maximum absolute atomic E-state index is 12.2. The third-order valence-corrected chi connectivity index (χ3v) is 4.77. The Kier molecular flexibility index (Phi) is 4.01. The van der Waals surface area contributed by atoms with E-state index in [4.69, 9.17) is 16.3 Å². The van der Waals surface area contributed by atoms with Gasteiger partial charge in [0.15, 0.2) is 0 Å². The molecule has 0 spiro atoms. The summed E-state index contributed by atoms with van der Waals surface area (Å²) in [6.45, 7) is 2.09. The number of carbonyl (C=O) groups excluding carboxylic acids is 1. The fourth-order valence-electron chi connectivity index (χ4n) is 2.15. The van der Waals surface area contributed by atoms with Crippen LogP contribution in [-0.4, -0.2) is 21.9 Å². The molecule has 0 aliphatic heterocycles. The van der Waals surface area contributed by atoms with Crippen LogP contribution in [0.1, 0.15) is 17.4 Å². The van der Waals surface area contributed by atoms with Crippen molar-refractivity contribution >= 4 is 55.9 Å². The zero-order chi connectivity index (χ0) is 15.0. The average molecular weight is 386 g/mol. The van der Waals surface area contributed by atoms with E-state index in [1.54, 1.807) is 6.92 Å². The van der Waals surface area contributed by atoms with Crippen LogP contribution in [0.2, 0.25) is 5.02 Å². The minimum absolute atomic E-state index is 0.315. The van der Waals surface area contributed by atoms with E-state index < -0.39 is 5.97 Å². The Labute approximate surface area is 138 Å². The van der Waals surface area contributed by atoms with Crippen LogP contribution in [0.3, 0.4) is 0 Å². The van der Waals surface area contributed by atoms with Crippen LogP contribution in [0.15, 0.2) is 28.1 Å². The van der Waals surface area contributed by atoms with Gasteiger partial charge in [0.05, 0.1) is 17.3 Å². The lowest BCUT2D eigenvalue weighted by Crippen LogP contribution is -2.06. The molecule has 0 saturated carbocycles. The van der Waals surface area contributed by atoms with Gasteiger partial charge in [0.25, 0.3) is 0 Å². The summed E-state index contributed by atoms with van der Waals surface area (Å²) in [6.07, 6.45) is 0. The molecule has 1 N–H and O–H groups in total. The summed E-state index contributed by atoms with van der Waals surface area (Å²) in [5.41, 5.74) is 2.65. The number of ether oxygens (including phenoxy) is 1. The highest BCUT2D eigenvalue weighted by atomic mass is 79.9. The molecule has 2 heterocycles. The van der Waals surface area contributed by atoms with Gasteiger partial charge in [-0.05, 0) is 52.6 Å². The fourth-order valence-corrected chi connectivity index (χ4v) is 3.18. The number of aromatic nitrogens is 2. The molecule has 0 bridgehead atoms. The third kappa shape index (κ3) is 2.59. The van der Waals surface area contributed by atoms with Gasteiger partial charge in [0, 0.05) is 26.3 Å². The molecule has 0 fully saturated rings. The molecule has 0 radical (unpaired) electrons. The van der Waals surface area contributed by atoms with Crippen LogP contribution in [0.4, 0.5) is 0 Å². The van der Waals surface area contributed by atoms with Gasteiger partial charge in [-0.1, -0.05) is 11.6 Å². The number of carbonyl (C=O) groups is 1. The number of halogens is 2.